The number of rotatable bonds is 52. The van der Waals surface area contributed by atoms with E-state index in [4.69, 9.17) is 14.2 Å². The van der Waals surface area contributed by atoms with E-state index in [9.17, 15) is 14.4 Å². The normalized spacial score (nSPS) is 11.9. The molecule has 62 heavy (non-hydrogen) atoms. The van der Waals surface area contributed by atoms with Gasteiger partial charge in [-0.25, -0.2) is 0 Å². The summed E-state index contributed by atoms with van der Waals surface area (Å²) in [7, 11) is 0. The largest absolute Gasteiger partial charge is 0.462 e. The minimum Gasteiger partial charge on any atom is -0.462 e. The predicted octanol–water partition coefficient (Wildman–Crippen LogP) is 18.4. The number of carbonyl (C=O) groups is 3. The van der Waals surface area contributed by atoms with E-state index in [1.807, 2.05) is 0 Å². The summed E-state index contributed by atoms with van der Waals surface area (Å²) in [4.78, 5) is 38.0. The van der Waals surface area contributed by atoms with Crippen LogP contribution in [0.4, 0.5) is 0 Å². The molecule has 0 aliphatic heterocycles. The Morgan fingerprint density at radius 1 is 0.258 bits per heavy atom. The molecule has 6 heteroatoms. The zero-order valence-electron chi connectivity index (χ0n) is 42.2. The van der Waals surface area contributed by atoms with Gasteiger partial charge in [-0.3, -0.25) is 14.4 Å². The molecule has 0 saturated heterocycles. The van der Waals surface area contributed by atoms with Crippen molar-refractivity contribution in [2.45, 2.75) is 329 Å². The van der Waals surface area contributed by atoms with Gasteiger partial charge in [0.25, 0.3) is 0 Å². The van der Waals surface area contributed by atoms with Crippen LogP contribution < -0.4 is 0 Å². The minimum atomic E-state index is -0.760. The number of unbranched alkanes of at least 4 members (excludes halogenated alkanes) is 41. The molecule has 0 aromatic carbocycles. The molecule has 1 atom stereocenters. The van der Waals surface area contributed by atoms with Gasteiger partial charge in [0.1, 0.15) is 13.2 Å². The highest BCUT2D eigenvalue weighted by Gasteiger charge is 2.19. The van der Waals surface area contributed by atoms with Gasteiger partial charge in [-0.15, -0.1) is 0 Å². The zero-order valence-corrected chi connectivity index (χ0v) is 42.2. The summed E-state index contributed by atoms with van der Waals surface area (Å²) in [5.41, 5.74) is 0. The second-order valence-corrected chi connectivity index (χ2v) is 19.2. The van der Waals surface area contributed by atoms with Gasteiger partial charge in [0.05, 0.1) is 0 Å². The molecule has 0 radical (unpaired) electrons. The van der Waals surface area contributed by atoms with Crippen LogP contribution in [0.5, 0.6) is 0 Å². The molecule has 0 aromatic heterocycles. The molecule has 0 N–H and O–H groups in total. The Bertz CT molecular complexity index is 920. The van der Waals surface area contributed by atoms with Crippen LogP contribution >= 0.6 is 0 Å². The first-order valence-corrected chi connectivity index (χ1v) is 28.0. The van der Waals surface area contributed by atoms with Gasteiger partial charge in [0.2, 0.25) is 0 Å². The molecular formula is C56H108O6. The van der Waals surface area contributed by atoms with E-state index in [0.29, 0.717) is 19.3 Å². The average molecular weight is 877 g/mol. The highest BCUT2D eigenvalue weighted by molar-refractivity contribution is 5.71. The Balaban J connectivity index is 4.24. The van der Waals surface area contributed by atoms with Crippen LogP contribution in [-0.4, -0.2) is 37.2 Å². The highest BCUT2D eigenvalue weighted by Crippen LogP contribution is 2.17. The molecule has 0 amide bonds. The summed E-state index contributed by atoms with van der Waals surface area (Å²) in [5.74, 6) is -0.836. The van der Waals surface area contributed by atoms with E-state index in [-0.39, 0.29) is 31.1 Å². The molecule has 0 fully saturated rings. The third-order valence-electron chi connectivity index (χ3n) is 12.9. The Morgan fingerprint density at radius 3 is 0.645 bits per heavy atom. The van der Waals surface area contributed by atoms with E-state index in [2.05, 4.69) is 20.8 Å². The number of carbonyl (C=O) groups excluding carboxylic acids is 3. The van der Waals surface area contributed by atoms with Crippen LogP contribution in [0.3, 0.4) is 0 Å². The van der Waals surface area contributed by atoms with Crippen LogP contribution in [0, 0.1) is 0 Å². The Morgan fingerprint density at radius 2 is 0.435 bits per heavy atom. The Hall–Kier alpha value is -1.59. The molecule has 6 nitrogen and oxygen atoms in total. The highest BCUT2D eigenvalue weighted by atomic mass is 16.6. The SMILES string of the molecule is CCCCCCCCCCCCCCCCCCCCCC(=O)OC[C@H](COC(=O)CCCCCCCCCCCCCCC)OC(=O)CCCCCCCCCCCCCC. The van der Waals surface area contributed by atoms with E-state index >= 15 is 0 Å². The summed E-state index contributed by atoms with van der Waals surface area (Å²) in [5, 5.41) is 0. The van der Waals surface area contributed by atoms with Crippen LogP contribution in [0.2, 0.25) is 0 Å². The fourth-order valence-corrected chi connectivity index (χ4v) is 8.62. The molecule has 0 aliphatic rings. The first-order valence-electron chi connectivity index (χ1n) is 28.0. The summed E-state index contributed by atoms with van der Waals surface area (Å²) >= 11 is 0. The van der Waals surface area contributed by atoms with Crippen LogP contribution in [0.1, 0.15) is 323 Å². The molecule has 0 spiro atoms. The minimum absolute atomic E-state index is 0.0613. The van der Waals surface area contributed by atoms with Crippen molar-refractivity contribution in [2.75, 3.05) is 13.2 Å². The van der Waals surface area contributed by atoms with Crippen LogP contribution in [-0.2, 0) is 28.6 Å². The molecule has 0 aromatic rings. The van der Waals surface area contributed by atoms with E-state index in [1.54, 1.807) is 0 Å². The van der Waals surface area contributed by atoms with Crippen molar-refractivity contribution in [2.24, 2.45) is 0 Å². The molecule has 0 rings (SSSR count). The Labute approximate surface area is 387 Å². The number of hydrogen-bond acceptors (Lipinski definition) is 6. The topological polar surface area (TPSA) is 78.9 Å². The second kappa shape index (κ2) is 52.0. The molecule has 0 saturated carbocycles. The monoisotopic (exact) mass is 877 g/mol. The van der Waals surface area contributed by atoms with E-state index in [0.717, 1.165) is 57.8 Å². The van der Waals surface area contributed by atoms with Gasteiger partial charge in [0.15, 0.2) is 6.10 Å². The lowest BCUT2D eigenvalue weighted by atomic mass is 10.0. The summed E-state index contributed by atoms with van der Waals surface area (Å²) < 4.78 is 16.8. The first-order chi connectivity index (χ1) is 30.5. The maximum atomic E-state index is 12.8. The molecule has 0 aliphatic carbocycles. The summed E-state index contributed by atoms with van der Waals surface area (Å²) in [6, 6.07) is 0. The van der Waals surface area contributed by atoms with Crippen molar-refractivity contribution >= 4 is 17.9 Å². The molecule has 0 heterocycles. The van der Waals surface area contributed by atoms with Gasteiger partial charge in [-0.1, -0.05) is 284 Å². The fraction of sp³-hybridized carbons (Fsp3) is 0.946. The van der Waals surface area contributed by atoms with Crippen molar-refractivity contribution in [3.8, 4) is 0 Å². The number of hydrogen-bond donors (Lipinski definition) is 0. The molecular weight excluding hydrogens is 769 g/mol. The van der Waals surface area contributed by atoms with Gasteiger partial charge >= 0.3 is 17.9 Å². The smallest absolute Gasteiger partial charge is 0.306 e. The van der Waals surface area contributed by atoms with Gasteiger partial charge in [-0.2, -0.15) is 0 Å². The predicted molar refractivity (Wildman–Crippen MR) is 266 cm³/mol. The lowest BCUT2D eigenvalue weighted by molar-refractivity contribution is -0.167. The number of ether oxygens (including phenoxy) is 3. The average Bonchev–Trinajstić information content (AvgIpc) is 3.27. The van der Waals surface area contributed by atoms with Crippen molar-refractivity contribution < 1.29 is 28.6 Å². The van der Waals surface area contributed by atoms with Crippen molar-refractivity contribution in [3.63, 3.8) is 0 Å². The quantitative estimate of drug-likeness (QED) is 0.0344. The maximum absolute atomic E-state index is 12.8. The molecule has 0 bridgehead atoms. The van der Waals surface area contributed by atoms with Crippen molar-refractivity contribution in [1.82, 2.24) is 0 Å². The van der Waals surface area contributed by atoms with Crippen molar-refractivity contribution in [3.05, 3.63) is 0 Å². The fourth-order valence-electron chi connectivity index (χ4n) is 8.62. The van der Waals surface area contributed by atoms with Gasteiger partial charge < -0.3 is 14.2 Å². The third-order valence-corrected chi connectivity index (χ3v) is 12.9. The van der Waals surface area contributed by atoms with Crippen LogP contribution in [0.25, 0.3) is 0 Å². The molecule has 0 unspecified atom stereocenters. The zero-order chi connectivity index (χ0) is 45.1. The van der Waals surface area contributed by atoms with E-state index < -0.39 is 6.10 Å². The lowest BCUT2D eigenvalue weighted by Crippen LogP contribution is -2.30. The lowest BCUT2D eigenvalue weighted by Gasteiger charge is -2.18. The Kier molecular flexibility index (Phi) is 50.7. The first kappa shape index (κ1) is 60.4. The summed E-state index contributed by atoms with van der Waals surface area (Å²) in [6.07, 6.45) is 56.6. The third kappa shape index (κ3) is 49.4. The van der Waals surface area contributed by atoms with Crippen LogP contribution in [0.15, 0.2) is 0 Å². The second-order valence-electron chi connectivity index (χ2n) is 19.2. The molecule has 368 valence electrons. The number of esters is 3. The van der Waals surface area contributed by atoms with E-state index in [1.165, 1.54) is 225 Å². The summed E-state index contributed by atoms with van der Waals surface area (Å²) in [6.45, 7) is 6.69. The van der Waals surface area contributed by atoms with Gasteiger partial charge in [0, 0.05) is 19.3 Å². The van der Waals surface area contributed by atoms with Crippen molar-refractivity contribution in [1.29, 1.82) is 0 Å². The standard InChI is InChI=1S/C56H108O6/c1-4-7-10-13-16-19-22-25-26-27-28-29-30-32-35-37-40-43-46-49-55(58)61-52-53(62-56(59)50-47-44-41-38-33-24-21-18-15-12-9-6-3)51-60-54(57)48-45-42-39-36-34-31-23-20-17-14-11-8-5-2/h53H,4-52H2,1-3H3/t53-/m0/s1. The maximum Gasteiger partial charge on any atom is 0.306 e. The van der Waals surface area contributed by atoms with Gasteiger partial charge in [-0.05, 0) is 19.3 Å².